The monoisotopic (exact) mass is 200 g/mol. The van der Waals surface area contributed by atoms with Gasteiger partial charge in [-0.1, -0.05) is 13.8 Å². The molecule has 1 atom stereocenters. The van der Waals surface area contributed by atoms with Crippen molar-refractivity contribution >= 4 is 5.78 Å². The number of ketones is 1. The second-order valence-electron chi connectivity index (χ2n) is 3.97. The van der Waals surface area contributed by atoms with Gasteiger partial charge in [0.25, 0.3) is 0 Å². The molecule has 0 aliphatic heterocycles. The van der Waals surface area contributed by atoms with Crippen LogP contribution in [0.15, 0.2) is 0 Å². The van der Waals surface area contributed by atoms with E-state index in [0.29, 0.717) is 12.3 Å². The SMILES string of the molecule is CCC(C)C(=O)CN(C)CCCNC. The van der Waals surface area contributed by atoms with Crippen LogP contribution in [0, 0.1) is 5.92 Å². The van der Waals surface area contributed by atoms with Gasteiger partial charge in [-0.3, -0.25) is 9.69 Å². The standard InChI is InChI=1S/C11H24N2O/c1-5-10(2)11(14)9-13(4)8-6-7-12-3/h10,12H,5-9H2,1-4H3. The van der Waals surface area contributed by atoms with Crippen LogP contribution in [0.5, 0.6) is 0 Å². The Balaban J connectivity index is 3.60. The zero-order valence-electron chi connectivity index (χ0n) is 9.97. The maximum absolute atomic E-state index is 11.6. The van der Waals surface area contributed by atoms with Crippen molar-refractivity contribution in [2.24, 2.45) is 5.92 Å². The van der Waals surface area contributed by atoms with Crippen LogP contribution in [0.3, 0.4) is 0 Å². The summed E-state index contributed by atoms with van der Waals surface area (Å²) in [6.45, 7) is 6.66. The van der Waals surface area contributed by atoms with Crippen LogP contribution in [0.25, 0.3) is 0 Å². The molecule has 0 aromatic carbocycles. The summed E-state index contributed by atoms with van der Waals surface area (Å²) in [6.07, 6.45) is 2.05. The van der Waals surface area contributed by atoms with Crippen LogP contribution in [0.1, 0.15) is 26.7 Å². The maximum Gasteiger partial charge on any atom is 0.149 e. The van der Waals surface area contributed by atoms with Crippen LogP contribution in [-0.4, -0.2) is 44.4 Å². The molecule has 0 aliphatic carbocycles. The normalized spacial score (nSPS) is 13.2. The van der Waals surface area contributed by atoms with Gasteiger partial charge >= 0.3 is 0 Å². The fraction of sp³-hybridized carbons (Fsp3) is 0.909. The van der Waals surface area contributed by atoms with E-state index < -0.39 is 0 Å². The van der Waals surface area contributed by atoms with Gasteiger partial charge in [0, 0.05) is 5.92 Å². The van der Waals surface area contributed by atoms with Gasteiger partial charge in [0.2, 0.25) is 0 Å². The molecule has 0 radical (unpaired) electrons. The molecule has 0 rings (SSSR count). The Hall–Kier alpha value is -0.410. The third-order valence-corrected chi connectivity index (χ3v) is 2.55. The first-order valence-corrected chi connectivity index (χ1v) is 5.47. The predicted octanol–water partition coefficient (Wildman–Crippen LogP) is 1.14. The fourth-order valence-corrected chi connectivity index (χ4v) is 1.25. The number of nitrogens with zero attached hydrogens (tertiary/aromatic N) is 1. The van der Waals surface area contributed by atoms with Crippen molar-refractivity contribution in [3.63, 3.8) is 0 Å². The first-order valence-electron chi connectivity index (χ1n) is 5.47. The highest BCUT2D eigenvalue weighted by atomic mass is 16.1. The number of hydrogen-bond donors (Lipinski definition) is 1. The van der Waals surface area contributed by atoms with E-state index in [4.69, 9.17) is 0 Å². The molecule has 3 heteroatoms. The highest BCUT2D eigenvalue weighted by Gasteiger charge is 2.12. The summed E-state index contributed by atoms with van der Waals surface area (Å²) in [5.74, 6) is 0.571. The number of Topliss-reactive ketones (excluding diaryl/α,β-unsaturated/α-hetero) is 1. The average molecular weight is 200 g/mol. The molecule has 0 fully saturated rings. The highest BCUT2D eigenvalue weighted by molar-refractivity contribution is 5.82. The molecule has 1 N–H and O–H groups in total. The molecule has 3 nitrogen and oxygen atoms in total. The molecular formula is C11H24N2O. The highest BCUT2D eigenvalue weighted by Crippen LogP contribution is 2.03. The van der Waals surface area contributed by atoms with E-state index in [2.05, 4.69) is 17.1 Å². The van der Waals surface area contributed by atoms with Gasteiger partial charge in [-0.15, -0.1) is 0 Å². The van der Waals surface area contributed by atoms with Crippen LogP contribution in [-0.2, 0) is 4.79 Å². The first-order chi connectivity index (χ1) is 6.61. The minimum atomic E-state index is 0.210. The lowest BCUT2D eigenvalue weighted by atomic mass is 10.0. The Morgan fingerprint density at radius 3 is 2.64 bits per heavy atom. The maximum atomic E-state index is 11.6. The molecule has 0 bridgehead atoms. The molecular weight excluding hydrogens is 176 g/mol. The number of carbonyl (C=O) groups excluding carboxylic acids is 1. The van der Waals surface area contributed by atoms with Crippen LogP contribution < -0.4 is 5.32 Å². The molecule has 0 aliphatic rings. The predicted molar refractivity (Wildman–Crippen MR) is 60.5 cm³/mol. The topological polar surface area (TPSA) is 32.3 Å². The van der Waals surface area contributed by atoms with Gasteiger partial charge in [-0.25, -0.2) is 0 Å². The summed E-state index contributed by atoms with van der Waals surface area (Å²) in [6, 6.07) is 0. The van der Waals surface area contributed by atoms with Gasteiger partial charge in [0.15, 0.2) is 0 Å². The van der Waals surface area contributed by atoms with E-state index in [1.165, 1.54) is 0 Å². The van der Waals surface area contributed by atoms with Gasteiger partial charge in [0.1, 0.15) is 5.78 Å². The number of rotatable bonds is 8. The third kappa shape index (κ3) is 6.11. The van der Waals surface area contributed by atoms with Gasteiger partial charge in [-0.05, 0) is 40.0 Å². The summed E-state index contributed by atoms with van der Waals surface area (Å²) < 4.78 is 0. The molecule has 14 heavy (non-hydrogen) atoms. The Bertz CT molecular complexity index is 159. The minimum Gasteiger partial charge on any atom is -0.320 e. The molecule has 84 valence electrons. The number of nitrogens with one attached hydrogen (secondary N) is 1. The molecule has 0 heterocycles. The van der Waals surface area contributed by atoms with E-state index in [1.54, 1.807) is 0 Å². The number of carbonyl (C=O) groups is 1. The van der Waals surface area contributed by atoms with E-state index >= 15 is 0 Å². The molecule has 0 saturated carbocycles. The fourth-order valence-electron chi connectivity index (χ4n) is 1.25. The molecule has 0 spiro atoms. The van der Waals surface area contributed by atoms with Crippen LogP contribution >= 0.6 is 0 Å². The van der Waals surface area contributed by atoms with Gasteiger partial charge in [0.05, 0.1) is 6.54 Å². The largest absolute Gasteiger partial charge is 0.320 e. The Kier molecular flexibility index (Phi) is 7.71. The number of hydrogen-bond acceptors (Lipinski definition) is 3. The second kappa shape index (κ2) is 7.94. The van der Waals surface area contributed by atoms with E-state index in [1.807, 2.05) is 21.0 Å². The second-order valence-corrected chi connectivity index (χ2v) is 3.97. The van der Waals surface area contributed by atoms with Crippen molar-refractivity contribution in [3.8, 4) is 0 Å². The van der Waals surface area contributed by atoms with Crippen molar-refractivity contribution in [1.29, 1.82) is 0 Å². The van der Waals surface area contributed by atoms with Gasteiger partial charge < -0.3 is 5.32 Å². The molecule has 0 amide bonds. The van der Waals surface area contributed by atoms with Crippen LogP contribution in [0.2, 0.25) is 0 Å². The summed E-state index contributed by atoms with van der Waals surface area (Å²) >= 11 is 0. The summed E-state index contributed by atoms with van der Waals surface area (Å²) in [7, 11) is 3.96. The zero-order valence-corrected chi connectivity index (χ0v) is 9.97. The molecule has 0 aromatic heterocycles. The lowest BCUT2D eigenvalue weighted by molar-refractivity contribution is -0.123. The first kappa shape index (κ1) is 13.6. The quantitative estimate of drug-likeness (QED) is 0.596. The molecule has 0 aromatic rings. The summed E-state index contributed by atoms with van der Waals surface area (Å²) in [5.41, 5.74) is 0. The third-order valence-electron chi connectivity index (χ3n) is 2.55. The smallest absolute Gasteiger partial charge is 0.149 e. The molecule has 1 unspecified atom stereocenters. The van der Waals surface area contributed by atoms with E-state index in [0.717, 1.165) is 25.9 Å². The number of likely N-dealkylation sites (N-methyl/N-ethyl adjacent to an activating group) is 1. The lowest BCUT2D eigenvalue weighted by Gasteiger charge is -2.17. The van der Waals surface area contributed by atoms with Crippen LogP contribution in [0.4, 0.5) is 0 Å². The van der Waals surface area contributed by atoms with Crippen molar-refractivity contribution in [1.82, 2.24) is 10.2 Å². The van der Waals surface area contributed by atoms with Crippen molar-refractivity contribution in [2.45, 2.75) is 26.7 Å². The zero-order chi connectivity index (χ0) is 11.0. The van der Waals surface area contributed by atoms with Crippen molar-refractivity contribution < 1.29 is 4.79 Å². The van der Waals surface area contributed by atoms with Gasteiger partial charge in [-0.2, -0.15) is 0 Å². The van der Waals surface area contributed by atoms with E-state index in [-0.39, 0.29) is 5.92 Å². The summed E-state index contributed by atoms with van der Waals surface area (Å²) in [5, 5.41) is 3.10. The average Bonchev–Trinajstić information content (AvgIpc) is 2.16. The molecule has 0 saturated heterocycles. The minimum absolute atomic E-state index is 0.210. The van der Waals surface area contributed by atoms with Crippen molar-refractivity contribution in [2.75, 3.05) is 33.7 Å². The Morgan fingerprint density at radius 1 is 1.50 bits per heavy atom. The lowest BCUT2D eigenvalue weighted by Crippen LogP contribution is -2.31. The van der Waals surface area contributed by atoms with E-state index in [9.17, 15) is 4.79 Å². The summed E-state index contributed by atoms with van der Waals surface area (Å²) in [4.78, 5) is 13.7. The Labute approximate surface area is 87.9 Å². The van der Waals surface area contributed by atoms with Crippen molar-refractivity contribution in [3.05, 3.63) is 0 Å². The Morgan fingerprint density at radius 2 is 2.14 bits per heavy atom.